The van der Waals surface area contributed by atoms with E-state index in [2.05, 4.69) is 75.0 Å². The van der Waals surface area contributed by atoms with Gasteiger partial charge >= 0.3 is 0 Å². The summed E-state index contributed by atoms with van der Waals surface area (Å²) >= 11 is 0. The minimum absolute atomic E-state index is 1.25. The molecule has 1 aromatic carbocycles. The summed E-state index contributed by atoms with van der Waals surface area (Å²) in [5.74, 6) is 0. The van der Waals surface area contributed by atoms with Gasteiger partial charge in [-0.1, -0.05) is 38.5 Å². The molecule has 0 unspecified atom stereocenters. The lowest BCUT2D eigenvalue weighted by Gasteiger charge is -2.02. The van der Waals surface area contributed by atoms with E-state index in [1.807, 2.05) is 6.07 Å². The van der Waals surface area contributed by atoms with E-state index in [9.17, 15) is 0 Å². The second-order valence-corrected chi connectivity index (χ2v) is 4.22. The van der Waals surface area contributed by atoms with Crippen LogP contribution in [0.4, 0.5) is 0 Å². The van der Waals surface area contributed by atoms with E-state index in [0.717, 1.165) is 0 Å². The summed E-state index contributed by atoms with van der Waals surface area (Å²) in [5.41, 5.74) is 3.87. The lowest BCUT2D eigenvalue weighted by atomic mass is 10.1. The number of hydrogen-bond acceptors (Lipinski definition) is 0. The van der Waals surface area contributed by atoms with Gasteiger partial charge in [-0.25, -0.2) is 4.57 Å². The zero-order valence-corrected chi connectivity index (χ0v) is 11.3. The van der Waals surface area contributed by atoms with Crippen molar-refractivity contribution >= 4 is 0 Å². The first-order valence-electron chi connectivity index (χ1n) is 6.21. The lowest BCUT2D eigenvalue weighted by molar-refractivity contribution is -0.660. The van der Waals surface area contributed by atoms with Crippen molar-refractivity contribution in [3.63, 3.8) is 0 Å². The van der Waals surface area contributed by atoms with Gasteiger partial charge in [-0.3, -0.25) is 0 Å². The van der Waals surface area contributed by atoms with Crippen LogP contribution >= 0.6 is 0 Å². The van der Waals surface area contributed by atoms with Crippen LogP contribution in [0.1, 0.15) is 25.8 Å². The highest BCUT2D eigenvalue weighted by molar-refractivity contribution is 5.60. The van der Waals surface area contributed by atoms with Gasteiger partial charge in [0, 0.05) is 17.7 Å². The molecular weight excluding hydrogens is 206 g/mol. The predicted octanol–water partition coefficient (Wildman–Crippen LogP) is 3.90. The second-order valence-electron chi connectivity index (χ2n) is 4.22. The van der Waals surface area contributed by atoms with Gasteiger partial charge in [0.1, 0.15) is 7.05 Å². The highest BCUT2D eigenvalue weighted by atomic mass is 14.9. The normalized spacial score (nSPS) is 9.41. The van der Waals surface area contributed by atoms with Crippen molar-refractivity contribution in [2.45, 2.75) is 27.2 Å². The summed E-state index contributed by atoms with van der Waals surface area (Å²) in [5, 5.41) is 0. The number of aryl methyl sites for hydroxylation is 2. The molecule has 2 rings (SSSR count). The molecule has 0 saturated carbocycles. The Hall–Kier alpha value is -1.63. The number of hydrogen-bond donors (Lipinski definition) is 0. The van der Waals surface area contributed by atoms with E-state index < -0.39 is 0 Å². The number of rotatable bonds is 1. The third kappa shape index (κ3) is 3.70. The Balaban J connectivity index is 0.000000437. The van der Waals surface area contributed by atoms with Gasteiger partial charge in [0.15, 0.2) is 6.20 Å². The van der Waals surface area contributed by atoms with Gasteiger partial charge in [0.2, 0.25) is 5.69 Å². The molecule has 0 saturated heterocycles. The molecule has 1 heteroatoms. The summed E-state index contributed by atoms with van der Waals surface area (Å²) in [6, 6.07) is 14.7. The molecule has 1 aromatic heterocycles. The largest absolute Gasteiger partial charge is 0.212 e. The highest BCUT2D eigenvalue weighted by Gasteiger charge is 2.09. The highest BCUT2D eigenvalue weighted by Crippen LogP contribution is 2.18. The average Bonchev–Trinajstić information content (AvgIpc) is 2.32. The van der Waals surface area contributed by atoms with Crippen LogP contribution in [0.15, 0.2) is 48.7 Å². The molecule has 0 aliphatic rings. The van der Waals surface area contributed by atoms with Crippen molar-refractivity contribution in [3.8, 4) is 11.3 Å². The quantitative estimate of drug-likeness (QED) is 0.652. The Morgan fingerprint density at radius 1 is 0.941 bits per heavy atom. The molecule has 0 amide bonds. The third-order valence-electron chi connectivity index (χ3n) is 2.48. The van der Waals surface area contributed by atoms with E-state index in [4.69, 9.17) is 0 Å². The van der Waals surface area contributed by atoms with Gasteiger partial charge in [0.25, 0.3) is 0 Å². The summed E-state index contributed by atoms with van der Waals surface area (Å²) in [6.45, 7) is 6.39. The third-order valence-corrected chi connectivity index (χ3v) is 2.48. The zero-order valence-electron chi connectivity index (χ0n) is 11.3. The number of nitrogens with zero attached hydrogens (tertiary/aromatic N) is 1. The van der Waals surface area contributed by atoms with Gasteiger partial charge in [-0.15, -0.1) is 0 Å². The van der Waals surface area contributed by atoms with E-state index >= 15 is 0 Å². The maximum Gasteiger partial charge on any atom is 0.212 e. The Bertz CT molecular complexity index is 417. The SMILES string of the molecule is CCC.Cc1ccccc1-c1cccc[n+]1C. The summed E-state index contributed by atoms with van der Waals surface area (Å²) < 4.78 is 2.14. The molecule has 17 heavy (non-hydrogen) atoms. The molecule has 0 spiro atoms. The summed E-state index contributed by atoms with van der Waals surface area (Å²) in [4.78, 5) is 0. The number of pyridine rings is 1. The van der Waals surface area contributed by atoms with Crippen LogP contribution in [-0.2, 0) is 7.05 Å². The van der Waals surface area contributed by atoms with Gasteiger partial charge in [-0.05, 0) is 24.6 Å². The van der Waals surface area contributed by atoms with Crippen molar-refractivity contribution in [2.24, 2.45) is 7.05 Å². The second kappa shape index (κ2) is 6.85. The molecule has 0 atom stereocenters. The van der Waals surface area contributed by atoms with E-state index in [1.54, 1.807) is 0 Å². The molecule has 0 bridgehead atoms. The molecule has 0 N–H and O–H groups in total. The Morgan fingerprint density at radius 2 is 1.53 bits per heavy atom. The van der Waals surface area contributed by atoms with Crippen molar-refractivity contribution < 1.29 is 4.57 Å². The molecule has 0 radical (unpaired) electrons. The lowest BCUT2D eigenvalue weighted by Crippen LogP contribution is -2.30. The van der Waals surface area contributed by atoms with Crippen molar-refractivity contribution in [2.75, 3.05) is 0 Å². The van der Waals surface area contributed by atoms with E-state index in [1.165, 1.54) is 23.2 Å². The van der Waals surface area contributed by atoms with E-state index in [0.29, 0.717) is 0 Å². The fourth-order valence-corrected chi connectivity index (χ4v) is 1.66. The number of benzene rings is 1. The minimum Gasteiger partial charge on any atom is -0.201 e. The first-order chi connectivity index (χ1) is 8.20. The maximum absolute atomic E-state index is 2.16. The van der Waals surface area contributed by atoms with Crippen molar-refractivity contribution in [3.05, 3.63) is 54.2 Å². The predicted molar refractivity (Wildman–Crippen MR) is 73.8 cm³/mol. The first kappa shape index (κ1) is 13.4. The first-order valence-corrected chi connectivity index (χ1v) is 6.21. The van der Waals surface area contributed by atoms with Crippen LogP contribution in [0, 0.1) is 6.92 Å². The average molecular weight is 228 g/mol. The fourth-order valence-electron chi connectivity index (χ4n) is 1.66. The van der Waals surface area contributed by atoms with Crippen molar-refractivity contribution in [1.29, 1.82) is 0 Å². The van der Waals surface area contributed by atoms with Crippen LogP contribution in [0.2, 0.25) is 0 Å². The Labute approximate surface area is 105 Å². The van der Waals surface area contributed by atoms with Crippen LogP contribution < -0.4 is 4.57 Å². The van der Waals surface area contributed by atoms with Crippen LogP contribution in [0.3, 0.4) is 0 Å². The Morgan fingerprint density at radius 3 is 2.12 bits per heavy atom. The summed E-state index contributed by atoms with van der Waals surface area (Å²) in [7, 11) is 2.07. The molecule has 0 aliphatic heterocycles. The molecule has 0 aliphatic carbocycles. The standard InChI is InChI=1S/C13H14N.C3H8/c1-11-7-3-4-8-12(11)13-9-5-6-10-14(13)2;1-3-2/h3-10H,1-2H3;3H2,1-2H3/q+1;. The number of aromatic nitrogens is 1. The molecule has 90 valence electrons. The molecule has 0 fully saturated rings. The topological polar surface area (TPSA) is 3.88 Å². The summed E-state index contributed by atoms with van der Waals surface area (Å²) in [6.07, 6.45) is 3.32. The monoisotopic (exact) mass is 228 g/mol. The molecule has 1 nitrogen and oxygen atoms in total. The van der Waals surface area contributed by atoms with Gasteiger partial charge < -0.3 is 0 Å². The van der Waals surface area contributed by atoms with E-state index in [-0.39, 0.29) is 0 Å². The van der Waals surface area contributed by atoms with Crippen LogP contribution in [0.5, 0.6) is 0 Å². The smallest absolute Gasteiger partial charge is 0.201 e. The van der Waals surface area contributed by atoms with Gasteiger partial charge in [-0.2, -0.15) is 0 Å². The van der Waals surface area contributed by atoms with Gasteiger partial charge in [0.05, 0.1) is 0 Å². The fraction of sp³-hybridized carbons (Fsp3) is 0.312. The maximum atomic E-state index is 2.16. The van der Waals surface area contributed by atoms with Crippen molar-refractivity contribution in [1.82, 2.24) is 0 Å². The molecular formula is C16H22N+. The molecule has 1 heterocycles. The Kier molecular flexibility index (Phi) is 5.41. The molecule has 2 aromatic rings. The van der Waals surface area contributed by atoms with Crippen LogP contribution in [0.25, 0.3) is 11.3 Å². The minimum atomic E-state index is 1.25. The zero-order chi connectivity index (χ0) is 12.7. The van der Waals surface area contributed by atoms with Crippen LogP contribution in [-0.4, -0.2) is 0 Å².